The summed E-state index contributed by atoms with van der Waals surface area (Å²) < 4.78 is 52.9. The summed E-state index contributed by atoms with van der Waals surface area (Å²) in [6.45, 7) is 1.09. The number of amides is 2. The second-order valence-corrected chi connectivity index (χ2v) is 10.4. The van der Waals surface area contributed by atoms with Crippen molar-refractivity contribution in [2.24, 2.45) is 0 Å². The highest BCUT2D eigenvalue weighted by Gasteiger charge is 2.34. The maximum atomic E-state index is 13.9. The van der Waals surface area contributed by atoms with Crippen LogP contribution in [0.15, 0.2) is 77.7 Å². The normalized spacial score (nSPS) is 11.8. The fourth-order valence-corrected chi connectivity index (χ4v) is 5.52. The number of sulfonamides is 1. The molecule has 0 unspecified atom stereocenters. The quantitative estimate of drug-likeness (QED) is 0.365. The monoisotopic (exact) mass is 557 g/mol. The molecule has 0 heterocycles. The molecule has 1 atom stereocenters. The number of para-hydroxylation sites is 2. The van der Waals surface area contributed by atoms with E-state index < -0.39 is 40.2 Å². The van der Waals surface area contributed by atoms with Gasteiger partial charge in [0.1, 0.15) is 29.9 Å². The summed E-state index contributed by atoms with van der Waals surface area (Å²) in [5.74, 6) is -0.767. The van der Waals surface area contributed by atoms with Crippen molar-refractivity contribution in [2.75, 3.05) is 32.1 Å². The number of hydrogen-bond donors (Lipinski definition) is 1. The topological polar surface area (TPSA) is 105 Å². The first-order valence-corrected chi connectivity index (χ1v) is 13.7. The van der Waals surface area contributed by atoms with Gasteiger partial charge in [0.2, 0.25) is 11.8 Å². The molecular weight excluding hydrogens is 525 g/mol. The van der Waals surface area contributed by atoms with Gasteiger partial charge >= 0.3 is 0 Å². The fourth-order valence-electron chi connectivity index (χ4n) is 4.10. The average Bonchev–Trinajstić information content (AvgIpc) is 2.96. The zero-order valence-corrected chi connectivity index (χ0v) is 23.1. The number of carbonyl (C=O) groups is 2. The molecule has 2 amide bonds. The number of likely N-dealkylation sites (N-methyl/N-ethyl adjacent to an activating group) is 1. The molecule has 9 nitrogen and oxygen atoms in total. The lowest BCUT2D eigenvalue weighted by molar-refractivity contribution is -0.140. The summed E-state index contributed by atoms with van der Waals surface area (Å²) in [4.78, 5) is 27.9. The van der Waals surface area contributed by atoms with Crippen LogP contribution in [0.25, 0.3) is 0 Å². The minimum absolute atomic E-state index is 0.0343. The molecule has 0 aliphatic rings. The van der Waals surface area contributed by atoms with Crippen LogP contribution in [0, 0.1) is 5.82 Å². The third-order valence-electron chi connectivity index (χ3n) is 6.18. The molecule has 0 saturated carbocycles. The number of hydrogen-bond acceptors (Lipinski definition) is 6. The van der Waals surface area contributed by atoms with Crippen LogP contribution in [-0.4, -0.2) is 59.0 Å². The van der Waals surface area contributed by atoms with E-state index in [9.17, 15) is 22.4 Å². The molecule has 1 N–H and O–H groups in total. The summed E-state index contributed by atoms with van der Waals surface area (Å²) in [5.41, 5.74) is 0.729. The molecule has 208 valence electrons. The number of carbonyl (C=O) groups excluding carboxylic acids is 2. The van der Waals surface area contributed by atoms with Crippen LogP contribution in [0.2, 0.25) is 0 Å². The van der Waals surface area contributed by atoms with Crippen LogP contribution in [0.3, 0.4) is 0 Å². The summed E-state index contributed by atoms with van der Waals surface area (Å²) in [5, 5.41) is 2.56. The Hall–Kier alpha value is -4.12. The van der Waals surface area contributed by atoms with E-state index in [1.165, 1.54) is 80.8 Å². The molecule has 0 saturated heterocycles. The number of methoxy groups -OCH3 is 2. The van der Waals surface area contributed by atoms with Crippen molar-refractivity contribution in [3.63, 3.8) is 0 Å². The summed E-state index contributed by atoms with van der Waals surface area (Å²) in [6.07, 6.45) is 0.270. The molecule has 0 aliphatic heterocycles. The van der Waals surface area contributed by atoms with Gasteiger partial charge < -0.3 is 19.7 Å². The predicted octanol–water partition coefficient (Wildman–Crippen LogP) is 3.59. The van der Waals surface area contributed by atoms with E-state index >= 15 is 0 Å². The van der Waals surface area contributed by atoms with E-state index in [4.69, 9.17) is 9.47 Å². The molecular formula is C28H32FN3O6S. The second-order valence-electron chi connectivity index (χ2n) is 8.55. The number of nitrogens with zero attached hydrogens (tertiary/aromatic N) is 2. The first-order chi connectivity index (χ1) is 18.7. The zero-order valence-electron chi connectivity index (χ0n) is 22.3. The van der Waals surface area contributed by atoms with Gasteiger partial charge in [-0.2, -0.15) is 0 Å². The Morgan fingerprint density at radius 1 is 0.949 bits per heavy atom. The van der Waals surface area contributed by atoms with Crippen LogP contribution in [0.5, 0.6) is 11.5 Å². The van der Waals surface area contributed by atoms with Gasteiger partial charge in [-0.1, -0.05) is 31.2 Å². The third kappa shape index (κ3) is 6.85. The lowest BCUT2D eigenvalue weighted by Gasteiger charge is -2.33. The largest absolute Gasteiger partial charge is 0.497 e. The standard InChI is InChI=1S/C28H32FN3O6S/c1-5-24(28(34)30-2)31(18-20-10-12-21(29)13-11-20)27(33)19-32(25-8-6-7-9-26(25)38-4)39(35,36)23-16-14-22(37-3)15-17-23/h6-17,24H,5,18-19H2,1-4H3,(H,30,34)/t24-/m0/s1. The van der Waals surface area contributed by atoms with E-state index in [0.717, 1.165) is 4.31 Å². The number of rotatable bonds is 12. The van der Waals surface area contributed by atoms with E-state index in [2.05, 4.69) is 5.32 Å². The highest BCUT2D eigenvalue weighted by atomic mass is 32.2. The maximum absolute atomic E-state index is 13.9. The van der Waals surface area contributed by atoms with E-state index in [1.807, 2.05) is 0 Å². The highest BCUT2D eigenvalue weighted by Crippen LogP contribution is 2.33. The maximum Gasteiger partial charge on any atom is 0.264 e. The van der Waals surface area contributed by atoms with E-state index in [1.54, 1.807) is 25.1 Å². The average molecular weight is 558 g/mol. The highest BCUT2D eigenvalue weighted by molar-refractivity contribution is 7.92. The number of halogens is 1. The van der Waals surface area contributed by atoms with Crippen molar-refractivity contribution in [3.8, 4) is 11.5 Å². The first kappa shape index (κ1) is 29.4. The molecule has 39 heavy (non-hydrogen) atoms. The summed E-state index contributed by atoms with van der Waals surface area (Å²) in [7, 11) is 0.0513. The summed E-state index contributed by atoms with van der Waals surface area (Å²) in [6, 6.07) is 16.9. The van der Waals surface area contributed by atoms with Crippen molar-refractivity contribution >= 4 is 27.5 Å². The van der Waals surface area contributed by atoms with Crippen molar-refractivity contribution in [3.05, 3.63) is 84.2 Å². The Morgan fingerprint density at radius 2 is 1.59 bits per heavy atom. The molecule has 0 aromatic heterocycles. The smallest absolute Gasteiger partial charge is 0.264 e. The van der Waals surface area contributed by atoms with Gasteiger partial charge in [-0.25, -0.2) is 12.8 Å². The summed E-state index contributed by atoms with van der Waals surface area (Å²) >= 11 is 0. The molecule has 0 aliphatic carbocycles. The van der Waals surface area contributed by atoms with Crippen LogP contribution in [-0.2, 0) is 26.2 Å². The molecule has 0 spiro atoms. The molecule has 3 aromatic carbocycles. The van der Waals surface area contributed by atoms with Gasteiger partial charge in [0.15, 0.2) is 0 Å². The van der Waals surface area contributed by atoms with Gasteiger partial charge in [-0.15, -0.1) is 0 Å². The van der Waals surface area contributed by atoms with E-state index in [-0.39, 0.29) is 29.3 Å². The van der Waals surface area contributed by atoms with Gasteiger partial charge in [0.25, 0.3) is 10.0 Å². The third-order valence-corrected chi connectivity index (χ3v) is 7.95. The van der Waals surface area contributed by atoms with Crippen molar-refractivity contribution in [1.82, 2.24) is 10.2 Å². The fraction of sp³-hybridized carbons (Fsp3) is 0.286. The second kappa shape index (κ2) is 13.1. The van der Waals surface area contributed by atoms with E-state index in [0.29, 0.717) is 11.3 Å². The van der Waals surface area contributed by atoms with Crippen LogP contribution < -0.4 is 19.1 Å². The van der Waals surface area contributed by atoms with Crippen molar-refractivity contribution in [2.45, 2.75) is 30.8 Å². The molecule has 3 rings (SSSR count). The van der Waals surface area contributed by atoms with Crippen molar-refractivity contribution in [1.29, 1.82) is 0 Å². The predicted molar refractivity (Wildman–Crippen MR) is 146 cm³/mol. The number of anilines is 1. The number of ether oxygens (including phenoxy) is 2. The van der Waals surface area contributed by atoms with Gasteiger partial charge in [-0.3, -0.25) is 13.9 Å². The Labute approximate surface area is 228 Å². The van der Waals surface area contributed by atoms with Gasteiger partial charge in [-0.05, 0) is 60.5 Å². The SMILES string of the molecule is CC[C@@H](C(=O)NC)N(Cc1ccc(F)cc1)C(=O)CN(c1ccccc1OC)S(=O)(=O)c1ccc(OC)cc1. The molecule has 0 fully saturated rings. The van der Waals surface area contributed by atoms with Gasteiger partial charge in [0, 0.05) is 13.6 Å². The molecule has 0 radical (unpaired) electrons. The Balaban J connectivity index is 2.09. The number of nitrogens with one attached hydrogen (secondary N) is 1. The van der Waals surface area contributed by atoms with Crippen LogP contribution >= 0.6 is 0 Å². The Kier molecular flexibility index (Phi) is 9.89. The Bertz CT molecular complexity index is 1380. The molecule has 0 bridgehead atoms. The van der Waals surface area contributed by atoms with Crippen LogP contribution in [0.1, 0.15) is 18.9 Å². The molecule has 3 aromatic rings. The minimum Gasteiger partial charge on any atom is -0.497 e. The lowest BCUT2D eigenvalue weighted by Crippen LogP contribution is -2.51. The van der Waals surface area contributed by atoms with Gasteiger partial charge in [0.05, 0.1) is 24.8 Å². The minimum atomic E-state index is -4.28. The molecule has 11 heteroatoms. The first-order valence-electron chi connectivity index (χ1n) is 12.2. The van der Waals surface area contributed by atoms with Crippen LogP contribution in [0.4, 0.5) is 10.1 Å². The zero-order chi connectivity index (χ0) is 28.6. The number of benzene rings is 3. The Morgan fingerprint density at radius 3 is 2.15 bits per heavy atom. The lowest BCUT2D eigenvalue weighted by atomic mass is 10.1. The van der Waals surface area contributed by atoms with Crippen molar-refractivity contribution < 1.29 is 31.9 Å².